The molecule has 0 rings (SSSR count). The first-order valence-electron chi connectivity index (χ1n) is 2.28. The molecule has 0 bridgehead atoms. The minimum Gasteiger partial charge on any atom is -0.147 e. The van der Waals surface area contributed by atoms with Crippen molar-refractivity contribution in [1.82, 2.24) is 0 Å². The van der Waals surface area contributed by atoms with Crippen LogP contribution >= 0.6 is 24.8 Å². The normalized spacial score (nSPS) is 6.75. The molecule has 0 aliphatic carbocycles. The van der Waals surface area contributed by atoms with Crippen LogP contribution in [0, 0.1) is 0 Å². The van der Waals surface area contributed by atoms with Gasteiger partial charge in [-0.05, 0) is 0 Å². The molecule has 2 radical (unpaired) electrons. The molecule has 0 spiro atoms. The number of unbranched alkanes of at least 4 members (excludes halogenated alkanes) is 1. The van der Waals surface area contributed by atoms with Gasteiger partial charge in [0, 0.05) is 0 Å². The molecule has 52 valence electrons. The quantitative estimate of drug-likeness (QED) is 0.608. The fourth-order valence-electron chi connectivity index (χ4n) is 0.256. The number of rotatable bonds is 3. The number of hydrogen-bond donors (Lipinski definition) is 1. The maximum atomic E-state index is 8.37. The minimum absolute atomic E-state index is 0. The molecule has 0 aliphatic rings. The Bertz CT molecular complexity index is 26.0. The fraction of sp³-hybridized carbons (Fsp3) is 1.00. The van der Waals surface area contributed by atoms with Gasteiger partial charge < -0.3 is 0 Å². The molecule has 1 N–H and O–H groups in total. The molecular weight excluding hydrogens is 254 g/mol. The fourth-order valence-corrected chi connectivity index (χ4v) is 1.72. The van der Waals surface area contributed by atoms with Crippen LogP contribution in [0.4, 0.5) is 0 Å². The van der Waals surface area contributed by atoms with Crippen LogP contribution in [0.15, 0.2) is 0 Å². The first-order chi connectivity index (χ1) is 2.91. The van der Waals surface area contributed by atoms with Crippen molar-refractivity contribution >= 4 is 46.4 Å². The van der Waals surface area contributed by atoms with E-state index in [1.54, 1.807) is 0 Å². The summed E-state index contributed by atoms with van der Waals surface area (Å²) in [5, 5.41) is 0. The Balaban J connectivity index is -0.000000125. The van der Waals surface area contributed by atoms with Crippen molar-refractivity contribution in [3.05, 3.63) is 0 Å². The zero-order valence-electron chi connectivity index (χ0n) is 4.89. The Morgan fingerprint density at radius 3 is 2.00 bits per heavy atom. The van der Waals surface area contributed by atoms with Crippen LogP contribution in [-0.2, 0) is 0 Å². The predicted molar refractivity (Wildman–Crippen MR) is 42.2 cm³/mol. The van der Waals surface area contributed by atoms with Crippen LogP contribution in [0.2, 0.25) is 4.44 Å². The first-order valence-corrected chi connectivity index (χ1v) is 5.58. The Hall–Kier alpha value is 1.34. The molecule has 0 unspecified atom stereocenters. The molecule has 0 heterocycles. The minimum atomic E-state index is -0.810. The van der Waals surface area contributed by atoms with Crippen molar-refractivity contribution in [2.45, 2.75) is 24.2 Å². The Morgan fingerprint density at radius 2 is 1.88 bits per heavy atom. The monoisotopic (exact) mass is 266 g/mol. The van der Waals surface area contributed by atoms with Gasteiger partial charge in [-0.2, -0.15) is 0 Å². The topological polar surface area (TPSA) is 20.2 Å². The van der Waals surface area contributed by atoms with Crippen molar-refractivity contribution in [3.8, 4) is 0 Å². The van der Waals surface area contributed by atoms with E-state index in [0.717, 1.165) is 4.44 Å². The number of halogens is 2. The average Bonchev–Trinajstić information content (AvgIpc) is 1.61. The van der Waals surface area contributed by atoms with E-state index in [2.05, 4.69) is 6.92 Å². The van der Waals surface area contributed by atoms with E-state index in [1.807, 2.05) is 0 Å². The largest absolute Gasteiger partial charge is 0.147 e. The summed E-state index contributed by atoms with van der Waals surface area (Å²) in [5.74, 6) is 0. The molecule has 0 saturated heterocycles. The van der Waals surface area contributed by atoms with Gasteiger partial charge in [-0.15, -0.1) is 24.8 Å². The Morgan fingerprint density at radius 1 is 1.38 bits per heavy atom. The summed E-state index contributed by atoms with van der Waals surface area (Å²) in [6.07, 6.45) is 2.48. The molecular formula is C4H12Cl2OSn. The Kier molecular flexibility index (Phi) is 31.8. The van der Waals surface area contributed by atoms with Crippen molar-refractivity contribution < 1.29 is 3.44 Å². The van der Waals surface area contributed by atoms with Crippen LogP contribution in [0.3, 0.4) is 0 Å². The van der Waals surface area contributed by atoms with Crippen molar-refractivity contribution in [2.75, 3.05) is 0 Å². The van der Waals surface area contributed by atoms with Gasteiger partial charge in [-0.25, -0.2) is 0 Å². The van der Waals surface area contributed by atoms with Gasteiger partial charge >= 0.3 is 49.2 Å². The van der Waals surface area contributed by atoms with Crippen molar-refractivity contribution in [1.29, 1.82) is 0 Å². The smallest absolute Gasteiger partial charge is 0.147 e. The summed E-state index contributed by atoms with van der Waals surface area (Å²) in [5.41, 5.74) is 0. The second-order valence-corrected chi connectivity index (χ2v) is 3.59. The molecule has 4 heteroatoms. The molecule has 0 fully saturated rings. The molecule has 0 amide bonds. The summed E-state index contributed by atoms with van der Waals surface area (Å²) < 4.78 is 9.51. The van der Waals surface area contributed by atoms with Crippen LogP contribution in [0.25, 0.3) is 0 Å². The van der Waals surface area contributed by atoms with Crippen LogP contribution in [0.1, 0.15) is 19.8 Å². The summed E-state index contributed by atoms with van der Waals surface area (Å²) >= 11 is -0.810. The summed E-state index contributed by atoms with van der Waals surface area (Å²) in [7, 11) is 0. The molecule has 0 atom stereocenters. The van der Waals surface area contributed by atoms with Crippen LogP contribution in [0.5, 0.6) is 0 Å². The van der Waals surface area contributed by atoms with Crippen LogP contribution in [-0.4, -0.2) is 25.0 Å². The summed E-state index contributed by atoms with van der Waals surface area (Å²) in [4.78, 5) is 0. The van der Waals surface area contributed by atoms with Gasteiger partial charge in [0.1, 0.15) is 0 Å². The SMILES string of the molecule is CCC[CH2][Sn][OH].Cl.Cl. The molecule has 0 aromatic carbocycles. The molecule has 0 saturated carbocycles. The maximum Gasteiger partial charge on any atom is -0.147 e. The van der Waals surface area contributed by atoms with Crippen LogP contribution < -0.4 is 0 Å². The average molecular weight is 266 g/mol. The molecule has 0 aromatic heterocycles. The third kappa shape index (κ3) is 15.7. The van der Waals surface area contributed by atoms with E-state index in [0.29, 0.717) is 0 Å². The van der Waals surface area contributed by atoms with Gasteiger partial charge in [-0.3, -0.25) is 0 Å². The summed E-state index contributed by atoms with van der Waals surface area (Å²) in [6.45, 7) is 2.15. The Labute approximate surface area is 73.8 Å². The van der Waals surface area contributed by atoms with E-state index < -0.39 is 21.6 Å². The molecule has 0 aliphatic heterocycles. The second-order valence-electron chi connectivity index (χ2n) is 1.26. The van der Waals surface area contributed by atoms with Crippen molar-refractivity contribution in [2.24, 2.45) is 0 Å². The predicted octanol–water partition coefficient (Wildman–Crippen LogP) is 1.66. The molecule has 1 nitrogen and oxygen atoms in total. The standard InChI is InChI=1S/C4H9.2ClH.H2O.Sn/c1-3-4-2;;;;/h1,3-4H2,2H3;2*1H;1H2;/q;;;;+1/p-1. The molecule has 8 heavy (non-hydrogen) atoms. The van der Waals surface area contributed by atoms with Gasteiger partial charge in [0.25, 0.3) is 0 Å². The summed E-state index contributed by atoms with van der Waals surface area (Å²) in [6, 6.07) is 0. The third-order valence-electron chi connectivity index (χ3n) is 0.642. The van der Waals surface area contributed by atoms with Gasteiger partial charge in [-0.1, -0.05) is 0 Å². The van der Waals surface area contributed by atoms with E-state index in [9.17, 15) is 0 Å². The van der Waals surface area contributed by atoms with E-state index in [-0.39, 0.29) is 24.8 Å². The van der Waals surface area contributed by atoms with Gasteiger partial charge in [0.2, 0.25) is 0 Å². The maximum absolute atomic E-state index is 8.37. The van der Waals surface area contributed by atoms with Crippen molar-refractivity contribution in [3.63, 3.8) is 0 Å². The van der Waals surface area contributed by atoms with E-state index in [4.69, 9.17) is 3.44 Å². The number of hydrogen-bond acceptors (Lipinski definition) is 1. The van der Waals surface area contributed by atoms with E-state index >= 15 is 0 Å². The second kappa shape index (κ2) is 15.8. The van der Waals surface area contributed by atoms with Gasteiger partial charge in [0.05, 0.1) is 0 Å². The third-order valence-corrected chi connectivity index (χ3v) is 2.29. The van der Waals surface area contributed by atoms with E-state index in [1.165, 1.54) is 12.8 Å². The first kappa shape index (κ1) is 16.2. The molecule has 0 aromatic rings. The zero-order valence-corrected chi connectivity index (χ0v) is 9.37. The zero-order chi connectivity index (χ0) is 4.83. The van der Waals surface area contributed by atoms with Gasteiger partial charge in [0.15, 0.2) is 0 Å².